The van der Waals surface area contributed by atoms with Crippen LogP contribution < -0.4 is 0 Å². The van der Waals surface area contributed by atoms with E-state index in [0.717, 1.165) is 28.6 Å². The van der Waals surface area contributed by atoms with Crippen molar-refractivity contribution < 1.29 is 14.1 Å². The Morgan fingerprint density at radius 1 is 1.19 bits per heavy atom. The van der Waals surface area contributed by atoms with E-state index in [4.69, 9.17) is 4.52 Å². The SMILES string of the molecule is Cc1cc(C(=O)N2CCCN2C(=O)Cc2c(C)[nH]c3ccccc23)no1. The highest BCUT2D eigenvalue weighted by Gasteiger charge is 2.33. The van der Waals surface area contributed by atoms with Crippen molar-refractivity contribution in [2.24, 2.45) is 0 Å². The maximum absolute atomic E-state index is 12.9. The van der Waals surface area contributed by atoms with Gasteiger partial charge in [0.25, 0.3) is 5.91 Å². The molecule has 3 aromatic rings. The number of carbonyl (C=O) groups excluding carboxylic acids is 2. The summed E-state index contributed by atoms with van der Waals surface area (Å²) >= 11 is 0. The third-order valence-electron chi connectivity index (χ3n) is 4.76. The molecule has 3 heterocycles. The van der Waals surface area contributed by atoms with E-state index in [-0.39, 0.29) is 23.9 Å². The number of para-hydroxylation sites is 1. The number of fused-ring (bicyclic) bond motifs is 1. The smallest absolute Gasteiger partial charge is 0.294 e. The molecule has 26 heavy (non-hydrogen) atoms. The van der Waals surface area contributed by atoms with Crippen LogP contribution in [0.2, 0.25) is 0 Å². The zero-order valence-electron chi connectivity index (χ0n) is 14.8. The zero-order valence-corrected chi connectivity index (χ0v) is 14.8. The maximum Gasteiger partial charge on any atom is 0.294 e. The fraction of sp³-hybridized carbons (Fsp3) is 0.316. The van der Waals surface area contributed by atoms with Gasteiger partial charge in [0, 0.05) is 35.8 Å². The summed E-state index contributed by atoms with van der Waals surface area (Å²) in [4.78, 5) is 28.9. The lowest BCUT2D eigenvalue weighted by molar-refractivity contribution is -0.139. The Hall–Kier alpha value is -3.09. The van der Waals surface area contributed by atoms with Gasteiger partial charge < -0.3 is 9.51 Å². The summed E-state index contributed by atoms with van der Waals surface area (Å²) in [5.74, 6) is 0.173. The number of hydrazine groups is 1. The lowest BCUT2D eigenvalue weighted by Crippen LogP contribution is -2.45. The highest BCUT2D eigenvalue weighted by atomic mass is 16.5. The largest absolute Gasteiger partial charge is 0.361 e. The van der Waals surface area contributed by atoms with Gasteiger partial charge in [-0.3, -0.25) is 14.6 Å². The Morgan fingerprint density at radius 3 is 2.73 bits per heavy atom. The molecule has 0 saturated carbocycles. The highest BCUT2D eigenvalue weighted by molar-refractivity contribution is 5.95. The second-order valence-electron chi connectivity index (χ2n) is 6.57. The van der Waals surface area contributed by atoms with Crippen LogP contribution in [0, 0.1) is 13.8 Å². The van der Waals surface area contributed by atoms with E-state index >= 15 is 0 Å². The number of rotatable bonds is 3. The number of carbonyl (C=O) groups is 2. The van der Waals surface area contributed by atoms with E-state index < -0.39 is 0 Å². The van der Waals surface area contributed by atoms with Gasteiger partial charge in [0.2, 0.25) is 5.91 Å². The molecule has 0 aliphatic carbocycles. The van der Waals surface area contributed by atoms with E-state index in [1.807, 2.05) is 31.2 Å². The Morgan fingerprint density at radius 2 is 1.96 bits per heavy atom. The number of nitrogens with one attached hydrogen (secondary N) is 1. The summed E-state index contributed by atoms with van der Waals surface area (Å²) < 4.78 is 4.99. The van der Waals surface area contributed by atoms with Crippen LogP contribution in [0.15, 0.2) is 34.9 Å². The molecule has 7 heteroatoms. The number of aromatic amines is 1. The summed E-state index contributed by atoms with van der Waals surface area (Å²) in [7, 11) is 0. The monoisotopic (exact) mass is 352 g/mol. The van der Waals surface area contributed by atoms with Crippen LogP contribution in [-0.4, -0.2) is 45.1 Å². The van der Waals surface area contributed by atoms with Gasteiger partial charge in [-0.2, -0.15) is 0 Å². The van der Waals surface area contributed by atoms with Gasteiger partial charge in [0.1, 0.15) is 5.76 Å². The number of hydrogen-bond acceptors (Lipinski definition) is 4. The molecule has 0 unspecified atom stereocenters. The second-order valence-corrected chi connectivity index (χ2v) is 6.57. The molecule has 2 aromatic heterocycles. The Labute approximate surface area is 150 Å². The summed E-state index contributed by atoms with van der Waals surface area (Å²) in [6.07, 6.45) is 0.999. The van der Waals surface area contributed by atoms with E-state index in [1.165, 1.54) is 10.0 Å². The molecule has 1 fully saturated rings. The van der Waals surface area contributed by atoms with Crippen LogP contribution in [0.3, 0.4) is 0 Å². The lowest BCUT2D eigenvalue weighted by atomic mass is 10.1. The third-order valence-corrected chi connectivity index (χ3v) is 4.76. The molecule has 1 aliphatic heterocycles. The molecular formula is C19H20N4O3. The second kappa shape index (κ2) is 6.33. The van der Waals surface area contributed by atoms with Crippen LogP contribution >= 0.6 is 0 Å². The molecule has 0 bridgehead atoms. The van der Waals surface area contributed by atoms with Gasteiger partial charge in [0.15, 0.2) is 5.69 Å². The number of amides is 2. The fourth-order valence-electron chi connectivity index (χ4n) is 3.49. The van der Waals surface area contributed by atoms with Crippen molar-refractivity contribution in [2.45, 2.75) is 26.7 Å². The van der Waals surface area contributed by atoms with Gasteiger partial charge in [0.05, 0.1) is 6.42 Å². The minimum Gasteiger partial charge on any atom is -0.361 e. The van der Waals surface area contributed by atoms with Crippen molar-refractivity contribution in [1.29, 1.82) is 0 Å². The maximum atomic E-state index is 12.9. The number of nitrogens with zero attached hydrogens (tertiary/aromatic N) is 3. The first-order valence-corrected chi connectivity index (χ1v) is 8.66. The molecular weight excluding hydrogens is 332 g/mol. The average Bonchev–Trinajstić information content (AvgIpc) is 3.34. The Bertz CT molecular complexity index is 988. The third kappa shape index (κ3) is 2.75. The number of aryl methyl sites for hydroxylation is 2. The Balaban J connectivity index is 1.57. The van der Waals surface area contributed by atoms with E-state index in [2.05, 4.69) is 10.1 Å². The predicted octanol–water partition coefficient (Wildman–Crippen LogP) is 2.60. The molecule has 0 radical (unpaired) electrons. The Kier molecular flexibility index (Phi) is 3.99. The minimum atomic E-state index is -0.302. The summed E-state index contributed by atoms with van der Waals surface area (Å²) in [5, 5.41) is 7.83. The number of H-pyrrole nitrogens is 1. The standard InChI is InChI=1S/C19H20N4O3/c1-12-10-17(21-26-12)19(25)23-9-5-8-22(23)18(24)11-15-13(2)20-16-7-4-3-6-14(15)16/h3-4,6-7,10,20H,5,8-9,11H2,1-2H3. The normalized spacial score (nSPS) is 14.4. The lowest BCUT2D eigenvalue weighted by Gasteiger charge is -2.27. The first-order chi connectivity index (χ1) is 12.5. The van der Waals surface area contributed by atoms with Crippen LogP contribution in [0.1, 0.15) is 33.9 Å². The quantitative estimate of drug-likeness (QED) is 0.785. The van der Waals surface area contributed by atoms with Crippen molar-refractivity contribution in [1.82, 2.24) is 20.2 Å². The van der Waals surface area contributed by atoms with Crippen molar-refractivity contribution in [2.75, 3.05) is 13.1 Å². The van der Waals surface area contributed by atoms with E-state index in [0.29, 0.717) is 18.8 Å². The number of hydrogen-bond donors (Lipinski definition) is 1. The molecule has 1 saturated heterocycles. The molecule has 0 spiro atoms. The summed E-state index contributed by atoms with van der Waals surface area (Å²) in [6, 6.07) is 9.52. The van der Waals surface area contributed by atoms with Gasteiger partial charge in [-0.25, -0.2) is 5.01 Å². The van der Waals surface area contributed by atoms with E-state index in [1.54, 1.807) is 13.0 Å². The van der Waals surface area contributed by atoms with Gasteiger partial charge >= 0.3 is 0 Å². The van der Waals surface area contributed by atoms with Crippen molar-refractivity contribution in [3.8, 4) is 0 Å². The molecule has 2 amide bonds. The fourth-order valence-corrected chi connectivity index (χ4v) is 3.49. The molecule has 1 aromatic carbocycles. The molecule has 1 aliphatic rings. The number of aromatic nitrogens is 2. The van der Waals surface area contributed by atoms with Gasteiger partial charge in [-0.15, -0.1) is 0 Å². The van der Waals surface area contributed by atoms with Gasteiger partial charge in [-0.05, 0) is 31.9 Å². The zero-order chi connectivity index (χ0) is 18.3. The van der Waals surface area contributed by atoms with Crippen LogP contribution in [-0.2, 0) is 11.2 Å². The van der Waals surface area contributed by atoms with E-state index in [9.17, 15) is 9.59 Å². The summed E-state index contributed by atoms with van der Waals surface area (Å²) in [5.41, 5.74) is 3.19. The molecule has 134 valence electrons. The minimum absolute atomic E-state index is 0.0936. The molecule has 1 N–H and O–H groups in total. The predicted molar refractivity (Wildman–Crippen MR) is 95.3 cm³/mol. The van der Waals surface area contributed by atoms with Gasteiger partial charge in [-0.1, -0.05) is 23.4 Å². The highest BCUT2D eigenvalue weighted by Crippen LogP contribution is 2.24. The van der Waals surface area contributed by atoms with Crippen LogP contribution in [0.25, 0.3) is 10.9 Å². The molecule has 4 rings (SSSR count). The van der Waals surface area contributed by atoms with Crippen molar-refractivity contribution >= 4 is 22.7 Å². The molecule has 0 atom stereocenters. The number of benzene rings is 1. The average molecular weight is 352 g/mol. The summed E-state index contributed by atoms with van der Waals surface area (Å²) in [6.45, 7) is 4.73. The first kappa shape index (κ1) is 16.4. The first-order valence-electron chi connectivity index (χ1n) is 8.66. The topological polar surface area (TPSA) is 82.4 Å². The molecule has 7 nitrogen and oxygen atoms in total. The van der Waals surface area contributed by atoms with Crippen LogP contribution in [0.5, 0.6) is 0 Å². The van der Waals surface area contributed by atoms with Crippen LogP contribution in [0.4, 0.5) is 0 Å². The van der Waals surface area contributed by atoms with Crippen molar-refractivity contribution in [3.05, 3.63) is 53.0 Å². The van der Waals surface area contributed by atoms with Crippen molar-refractivity contribution in [3.63, 3.8) is 0 Å².